The van der Waals surface area contributed by atoms with Gasteiger partial charge in [0.1, 0.15) is 5.82 Å². The SMILES string of the molecule is C/C(=C\c1ccccc1)C(=O)N1CCN(CCc2ccc(F)cc2)CC1. The molecule has 0 spiro atoms. The molecule has 0 atom stereocenters. The van der Waals surface area contributed by atoms with Gasteiger partial charge >= 0.3 is 0 Å². The highest BCUT2D eigenvalue weighted by Crippen LogP contribution is 2.12. The molecule has 0 bridgehead atoms. The van der Waals surface area contributed by atoms with Crippen LogP contribution in [0.3, 0.4) is 0 Å². The first-order valence-electron chi connectivity index (χ1n) is 9.11. The summed E-state index contributed by atoms with van der Waals surface area (Å²) >= 11 is 0. The van der Waals surface area contributed by atoms with E-state index in [2.05, 4.69) is 4.90 Å². The highest BCUT2D eigenvalue weighted by molar-refractivity contribution is 5.97. The van der Waals surface area contributed by atoms with E-state index in [9.17, 15) is 9.18 Å². The molecule has 3 rings (SSSR count). The number of rotatable bonds is 5. The van der Waals surface area contributed by atoms with E-state index >= 15 is 0 Å². The normalized spacial score (nSPS) is 15.9. The van der Waals surface area contributed by atoms with Crippen LogP contribution in [0.25, 0.3) is 6.08 Å². The van der Waals surface area contributed by atoms with Crippen molar-refractivity contribution in [2.75, 3.05) is 32.7 Å². The van der Waals surface area contributed by atoms with Crippen LogP contribution in [0, 0.1) is 5.82 Å². The Morgan fingerprint density at radius 1 is 1.00 bits per heavy atom. The molecule has 4 heteroatoms. The van der Waals surface area contributed by atoms with Crippen LogP contribution in [0.2, 0.25) is 0 Å². The fourth-order valence-corrected chi connectivity index (χ4v) is 3.22. The lowest BCUT2D eigenvalue weighted by Crippen LogP contribution is -2.49. The summed E-state index contributed by atoms with van der Waals surface area (Å²) in [6, 6.07) is 16.6. The van der Waals surface area contributed by atoms with Crippen LogP contribution in [-0.4, -0.2) is 48.4 Å². The molecule has 0 unspecified atom stereocenters. The second kappa shape index (κ2) is 8.77. The van der Waals surface area contributed by atoms with Gasteiger partial charge in [0.25, 0.3) is 0 Å². The number of carbonyl (C=O) groups is 1. The lowest BCUT2D eigenvalue weighted by atomic mass is 10.1. The Hall–Kier alpha value is -2.46. The molecule has 0 N–H and O–H groups in total. The Labute approximate surface area is 154 Å². The summed E-state index contributed by atoms with van der Waals surface area (Å²) in [5, 5.41) is 0. The zero-order valence-electron chi connectivity index (χ0n) is 15.2. The van der Waals surface area contributed by atoms with Crippen molar-refractivity contribution in [1.29, 1.82) is 0 Å². The van der Waals surface area contributed by atoms with E-state index in [1.165, 1.54) is 12.1 Å². The van der Waals surface area contributed by atoms with Crippen LogP contribution < -0.4 is 0 Å². The minimum atomic E-state index is -0.195. The van der Waals surface area contributed by atoms with E-state index in [-0.39, 0.29) is 11.7 Å². The number of nitrogens with zero attached hydrogens (tertiary/aromatic N) is 2. The minimum absolute atomic E-state index is 0.118. The lowest BCUT2D eigenvalue weighted by molar-refractivity contribution is -0.128. The predicted octanol–water partition coefficient (Wildman–Crippen LogP) is 3.62. The van der Waals surface area contributed by atoms with Gasteiger partial charge in [-0.3, -0.25) is 9.69 Å². The molecule has 136 valence electrons. The molecule has 0 aromatic heterocycles. The Morgan fingerprint density at radius 3 is 2.31 bits per heavy atom. The molecule has 1 amide bonds. The maximum atomic E-state index is 13.0. The van der Waals surface area contributed by atoms with Gasteiger partial charge < -0.3 is 4.90 Å². The fourth-order valence-electron chi connectivity index (χ4n) is 3.22. The van der Waals surface area contributed by atoms with Crippen LogP contribution in [-0.2, 0) is 11.2 Å². The van der Waals surface area contributed by atoms with E-state index < -0.39 is 0 Å². The molecule has 1 aliphatic rings. The molecule has 0 saturated carbocycles. The van der Waals surface area contributed by atoms with Crippen molar-refractivity contribution in [1.82, 2.24) is 9.80 Å². The summed E-state index contributed by atoms with van der Waals surface area (Å²) in [4.78, 5) is 16.9. The van der Waals surface area contributed by atoms with Gasteiger partial charge in [-0.2, -0.15) is 0 Å². The molecule has 0 radical (unpaired) electrons. The quantitative estimate of drug-likeness (QED) is 0.768. The average Bonchev–Trinajstić information content (AvgIpc) is 2.68. The van der Waals surface area contributed by atoms with Crippen molar-refractivity contribution in [2.24, 2.45) is 0 Å². The van der Waals surface area contributed by atoms with E-state index in [1.54, 1.807) is 0 Å². The van der Waals surface area contributed by atoms with Gasteiger partial charge in [0.2, 0.25) is 5.91 Å². The van der Waals surface area contributed by atoms with Crippen LogP contribution in [0.4, 0.5) is 4.39 Å². The lowest BCUT2D eigenvalue weighted by Gasteiger charge is -2.35. The van der Waals surface area contributed by atoms with Gasteiger partial charge in [-0.15, -0.1) is 0 Å². The molecular weight excluding hydrogens is 327 g/mol. The fraction of sp³-hybridized carbons (Fsp3) is 0.318. The molecule has 3 nitrogen and oxygen atoms in total. The number of benzene rings is 2. The Bertz CT molecular complexity index is 747. The van der Waals surface area contributed by atoms with E-state index in [1.807, 2.05) is 60.4 Å². The molecule has 1 heterocycles. The third kappa shape index (κ3) is 5.02. The van der Waals surface area contributed by atoms with Gasteiger partial charge in [-0.05, 0) is 42.7 Å². The highest BCUT2D eigenvalue weighted by atomic mass is 19.1. The summed E-state index contributed by atoms with van der Waals surface area (Å²) < 4.78 is 13.0. The molecule has 1 aliphatic heterocycles. The Kier molecular flexibility index (Phi) is 6.18. The second-order valence-corrected chi connectivity index (χ2v) is 6.75. The van der Waals surface area contributed by atoms with E-state index in [0.29, 0.717) is 0 Å². The van der Waals surface area contributed by atoms with Gasteiger partial charge in [0.05, 0.1) is 0 Å². The van der Waals surface area contributed by atoms with Crippen molar-refractivity contribution in [3.8, 4) is 0 Å². The number of hydrogen-bond acceptors (Lipinski definition) is 2. The zero-order valence-corrected chi connectivity index (χ0v) is 15.2. The van der Waals surface area contributed by atoms with E-state index in [0.717, 1.165) is 55.8 Å². The van der Waals surface area contributed by atoms with Crippen molar-refractivity contribution in [2.45, 2.75) is 13.3 Å². The largest absolute Gasteiger partial charge is 0.336 e. The maximum absolute atomic E-state index is 13.0. The molecular formula is C22H25FN2O. The summed E-state index contributed by atoms with van der Waals surface area (Å²) in [7, 11) is 0. The molecule has 26 heavy (non-hydrogen) atoms. The van der Waals surface area contributed by atoms with Crippen molar-refractivity contribution < 1.29 is 9.18 Å². The van der Waals surface area contributed by atoms with Crippen LogP contribution in [0.1, 0.15) is 18.1 Å². The van der Waals surface area contributed by atoms with Gasteiger partial charge in [-0.25, -0.2) is 4.39 Å². The molecule has 0 aliphatic carbocycles. The van der Waals surface area contributed by atoms with Gasteiger partial charge in [-0.1, -0.05) is 42.5 Å². The zero-order chi connectivity index (χ0) is 18.4. The molecule has 1 saturated heterocycles. The standard InChI is InChI=1S/C22H25FN2O/c1-18(17-20-5-3-2-4-6-20)22(26)25-15-13-24(14-16-25)12-11-19-7-9-21(23)10-8-19/h2-10,17H,11-16H2,1H3/b18-17+. The third-order valence-corrected chi connectivity index (χ3v) is 4.81. The molecule has 1 fully saturated rings. The Balaban J connectivity index is 1.47. The summed E-state index contributed by atoms with van der Waals surface area (Å²) in [5.74, 6) is -0.0770. The van der Waals surface area contributed by atoms with E-state index in [4.69, 9.17) is 0 Å². The summed E-state index contributed by atoms with van der Waals surface area (Å²) in [5.41, 5.74) is 2.97. The first kappa shape index (κ1) is 18.3. The number of piperazine rings is 1. The van der Waals surface area contributed by atoms with Crippen LogP contribution in [0.15, 0.2) is 60.2 Å². The van der Waals surface area contributed by atoms with Gasteiger partial charge in [0.15, 0.2) is 0 Å². The van der Waals surface area contributed by atoms with Crippen molar-refractivity contribution in [3.05, 3.63) is 77.1 Å². The van der Waals surface area contributed by atoms with Crippen molar-refractivity contribution in [3.63, 3.8) is 0 Å². The number of hydrogen-bond donors (Lipinski definition) is 0. The predicted molar refractivity (Wildman–Crippen MR) is 103 cm³/mol. The highest BCUT2D eigenvalue weighted by Gasteiger charge is 2.21. The smallest absolute Gasteiger partial charge is 0.249 e. The topological polar surface area (TPSA) is 23.6 Å². The molecule has 2 aromatic carbocycles. The first-order chi connectivity index (χ1) is 12.6. The summed E-state index contributed by atoms with van der Waals surface area (Å²) in [6.45, 7) is 6.09. The van der Waals surface area contributed by atoms with Crippen molar-refractivity contribution >= 4 is 12.0 Å². The second-order valence-electron chi connectivity index (χ2n) is 6.75. The third-order valence-electron chi connectivity index (χ3n) is 4.81. The summed E-state index contributed by atoms with van der Waals surface area (Å²) in [6.07, 6.45) is 2.85. The number of amides is 1. The van der Waals surface area contributed by atoms with Crippen LogP contribution in [0.5, 0.6) is 0 Å². The maximum Gasteiger partial charge on any atom is 0.249 e. The minimum Gasteiger partial charge on any atom is -0.336 e. The first-order valence-corrected chi connectivity index (χ1v) is 9.11. The van der Waals surface area contributed by atoms with Gasteiger partial charge in [0, 0.05) is 38.3 Å². The molecule has 2 aromatic rings. The number of carbonyl (C=O) groups excluding carboxylic acids is 1. The number of halogens is 1. The average molecular weight is 352 g/mol. The Morgan fingerprint density at radius 2 is 1.65 bits per heavy atom. The van der Waals surface area contributed by atoms with Crippen LogP contribution >= 0.6 is 0 Å². The monoisotopic (exact) mass is 352 g/mol.